The van der Waals surface area contributed by atoms with Crippen molar-refractivity contribution in [3.8, 4) is 0 Å². The van der Waals surface area contributed by atoms with Crippen molar-refractivity contribution in [2.75, 3.05) is 0 Å². The Bertz CT molecular complexity index is 67.8. The van der Waals surface area contributed by atoms with Crippen molar-refractivity contribution in [1.29, 1.82) is 0 Å². The third kappa shape index (κ3) is 6.24. The second-order valence-corrected chi connectivity index (χ2v) is 1.72. The Morgan fingerprint density at radius 3 is 1.71 bits per heavy atom. The molecular weight excluding hydrogens is 224 g/mol. The lowest BCUT2D eigenvalue weighted by Gasteiger charge is -1.80. The Balaban J connectivity index is 2.98. The highest BCUT2D eigenvalue weighted by Crippen LogP contribution is 1.87. The van der Waals surface area contributed by atoms with Crippen molar-refractivity contribution < 1.29 is 4.74 Å². The largest absolute Gasteiger partial charge is 0.472 e. The SMILES string of the molecule is Br/C=C/O/C=C/Br. The summed E-state index contributed by atoms with van der Waals surface area (Å²) in [5.41, 5.74) is 0. The maximum atomic E-state index is 4.68. The van der Waals surface area contributed by atoms with E-state index in [2.05, 4.69) is 36.6 Å². The summed E-state index contributed by atoms with van der Waals surface area (Å²) in [7, 11) is 0. The quantitative estimate of drug-likeness (QED) is 0.660. The van der Waals surface area contributed by atoms with E-state index in [0.717, 1.165) is 0 Å². The lowest BCUT2D eigenvalue weighted by atomic mass is 11.1. The molecule has 0 aromatic rings. The van der Waals surface area contributed by atoms with Crippen molar-refractivity contribution in [3.63, 3.8) is 0 Å². The monoisotopic (exact) mass is 226 g/mol. The molecule has 1 nitrogen and oxygen atoms in total. The Morgan fingerprint density at radius 2 is 1.43 bits per heavy atom. The van der Waals surface area contributed by atoms with Crippen molar-refractivity contribution in [2.45, 2.75) is 0 Å². The Labute approximate surface area is 59.3 Å². The highest BCUT2D eigenvalue weighted by atomic mass is 79.9. The van der Waals surface area contributed by atoms with Gasteiger partial charge in [-0.2, -0.15) is 0 Å². The number of halogens is 2. The van der Waals surface area contributed by atoms with Gasteiger partial charge in [0.15, 0.2) is 0 Å². The van der Waals surface area contributed by atoms with Gasteiger partial charge in [-0.15, -0.1) is 0 Å². The van der Waals surface area contributed by atoms with E-state index in [-0.39, 0.29) is 0 Å². The highest BCUT2D eigenvalue weighted by molar-refractivity contribution is 9.11. The predicted molar refractivity (Wildman–Crippen MR) is 37.2 cm³/mol. The summed E-state index contributed by atoms with van der Waals surface area (Å²) in [6.45, 7) is 0. The second kappa shape index (κ2) is 6.24. The standard InChI is InChI=1S/C4H4Br2O/c5-1-3-7-4-2-6/h1-4H/b3-1+,4-2+. The van der Waals surface area contributed by atoms with Gasteiger partial charge in [0.25, 0.3) is 0 Å². The second-order valence-electron chi connectivity index (χ2n) is 0.660. The normalized spacial score (nSPS) is 11.1. The maximum Gasteiger partial charge on any atom is 0.0970 e. The number of hydrogen-bond donors (Lipinski definition) is 0. The minimum Gasteiger partial charge on any atom is -0.472 e. The Hall–Kier alpha value is 0.240. The zero-order valence-corrected chi connectivity index (χ0v) is 6.65. The molecular formula is C4H4Br2O. The van der Waals surface area contributed by atoms with Crippen LogP contribution >= 0.6 is 31.9 Å². The van der Waals surface area contributed by atoms with E-state index in [0.29, 0.717) is 0 Å². The molecule has 0 heterocycles. The van der Waals surface area contributed by atoms with Gasteiger partial charge in [-0.1, -0.05) is 31.9 Å². The van der Waals surface area contributed by atoms with Crippen LogP contribution in [-0.4, -0.2) is 0 Å². The summed E-state index contributed by atoms with van der Waals surface area (Å²) >= 11 is 6.05. The van der Waals surface area contributed by atoms with Crippen LogP contribution in [0.15, 0.2) is 22.5 Å². The predicted octanol–water partition coefficient (Wildman–Crippen LogP) is 2.74. The molecule has 7 heavy (non-hydrogen) atoms. The van der Waals surface area contributed by atoms with Crippen molar-refractivity contribution >= 4 is 31.9 Å². The molecule has 0 radical (unpaired) electrons. The first-order chi connectivity index (χ1) is 3.41. The first kappa shape index (κ1) is 7.24. The van der Waals surface area contributed by atoms with Crippen molar-refractivity contribution in [3.05, 3.63) is 22.5 Å². The number of rotatable bonds is 2. The molecule has 0 saturated heterocycles. The molecule has 0 N–H and O–H groups in total. The number of ether oxygens (including phenoxy) is 1. The molecule has 0 spiro atoms. The van der Waals surface area contributed by atoms with E-state index in [9.17, 15) is 0 Å². The van der Waals surface area contributed by atoms with Crippen LogP contribution in [0, 0.1) is 0 Å². The van der Waals surface area contributed by atoms with Crippen LogP contribution in [-0.2, 0) is 4.74 Å². The van der Waals surface area contributed by atoms with Gasteiger partial charge in [0, 0.05) is 9.97 Å². The van der Waals surface area contributed by atoms with Crippen LogP contribution in [0.5, 0.6) is 0 Å². The summed E-state index contributed by atoms with van der Waals surface area (Å²) in [4.78, 5) is 3.25. The molecule has 0 atom stereocenters. The molecule has 3 heteroatoms. The minimum atomic E-state index is 1.51. The van der Waals surface area contributed by atoms with Gasteiger partial charge >= 0.3 is 0 Å². The Kier molecular flexibility index (Phi) is 6.45. The van der Waals surface area contributed by atoms with Crippen LogP contribution in [0.25, 0.3) is 0 Å². The van der Waals surface area contributed by atoms with Gasteiger partial charge in [-0.05, 0) is 0 Å². The van der Waals surface area contributed by atoms with Crippen LogP contribution in [0.3, 0.4) is 0 Å². The van der Waals surface area contributed by atoms with Gasteiger partial charge in [0.1, 0.15) is 0 Å². The molecule has 0 aromatic heterocycles. The van der Waals surface area contributed by atoms with Gasteiger partial charge in [-0.3, -0.25) is 0 Å². The highest BCUT2D eigenvalue weighted by Gasteiger charge is 1.59. The van der Waals surface area contributed by atoms with Crippen LogP contribution in [0.4, 0.5) is 0 Å². The van der Waals surface area contributed by atoms with Gasteiger partial charge < -0.3 is 4.74 Å². The molecule has 0 fully saturated rings. The molecule has 0 rings (SSSR count). The average Bonchev–Trinajstić information content (AvgIpc) is 1.69. The molecule has 0 unspecified atom stereocenters. The van der Waals surface area contributed by atoms with E-state index in [4.69, 9.17) is 0 Å². The first-order valence-electron chi connectivity index (χ1n) is 1.57. The van der Waals surface area contributed by atoms with Crippen LogP contribution in [0.1, 0.15) is 0 Å². The molecule has 0 saturated carbocycles. The molecule has 0 aliphatic carbocycles. The fourth-order valence-corrected chi connectivity index (χ4v) is 0.354. The molecule has 0 amide bonds. The average molecular weight is 228 g/mol. The Morgan fingerprint density at radius 1 is 1.00 bits per heavy atom. The maximum absolute atomic E-state index is 4.68. The molecule has 0 bridgehead atoms. The van der Waals surface area contributed by atoms with Gasteiger partial charge in [0.2, 0.25) is 0 Å². The minimum absolute atomic E-state index is 1.51. The topological polar surface area (TPSA) is 9.23 Å². The van der Waals surface area contributed by atoms with Gasteiger partial charge in [0.05, 0.1) is 12.5 Å². The van der Waals surface area contributed by atoms with E-state index in [1.807, 2.05) is 0 Å². The summed E-state index contributed by atoms with van der Waals surface area (Å²) < 4.78 is 4.68. The summed E-state index contributed by atoms with van der Waals surface area (Å²) in [5.74, 6) is 0. The summed E-state index contributed by atoms with van der Waals surface area (Å²) in [5, 5.41) is 0. The van der Waals surface area contributed by atoms with Gasteiger partial charge in [-0.25, -0.2) is 0 Å². The van der Waals surface area contributed by atoms with Crippen LogP contribution < -0.4 is 0 Å². The van der Waals surface area contributed by atoms with E-state index in [1.165, 1.54) is 12.5 Å². The summed E-state index contributed by atoms with van der Waals surface area (Å²) in [6, 6.07) is 0. The van der Waals surface area contributed by atoms with E-state index < -0.39 is 0 Å². The van der Waals surface area contributed by atoms with E-state index in [1.54, 1.807) is 9.97 Å². The third-order valence-corrected chi connectivity index (χ3v) is 0.692. The summed E-state index contributed by atoms with van der Waals surface area (Å²) in [6.07, 6.45) is 3.02. The molecule has 0 aliphatic rings. The zero-order valence-electron chi connectivity index (χ0n) is 3.47. The first-order valence-corrected chi connectivity index (χ1v) is 3.41. The van der Waals surface area contributed by atoms with Crippen molar-refractivity contribution in [1.82, 2.24) is 0 Å². The zero-order chi connectivity index (χ0) is 5.54. The van der Waals surface area contributed by atoms with E-state index >= 15 is 0 Å². The van der Waals surface area contributed by atoms with Crippen LogP contribution in [0.2, 0.25) is 0 Å². The lowest BCUT2D eigenvalue weighted by molar-refractivity contribution is 0.405. The molecule has 0 aromatic carbocycles. The fourth-order valence-electron chi connectivity index (χ4n) is 0.105. The smallest absolute Gasteiger partial charge is 0.0970 e. The molecule has 40 valence electrons. The third-order valence-electron chi connectivity index (χ3n) is 0.260. The fraction of sp³-hybridized carbons (Fsp3) is 0. The van der Waals surface area contributed by atoms with Crippen molar-refractivity contribution in [2.24, 2.45) is 0 Å². The lowest BCUT2D eigenvalue weighted by Crippen LogP contribution is -1.56. The number of hydrogen-bond acceptors (Lipinski definition) is 1. The molecule has 0 aliphatic heterocycles.